The van der Waals surface area contributed by atoms with E-state index in [0.717, 1.165) is 13.1 Å². The Bertz CT molecular complexity index is 214. The third-order valence-corrected chi connectivity index (χ3v) is 2.45. The molecular formula is C11H23ClN2O2. The van der Waals surface area contributed by atoms with Gasteiger partial charge in [-0.15, -0.1) is 12.4 Å². The molecule has 1 amide bonds. The zero-order chi connectivity index (χ0) is 11.4. The number of carbonyl (C=O) groups excluding carboxylic acids is 1. The van der Waals surface area contributed by atoms with Crippen LogP contribution in [0.25, 0.3) is 0 Å². The molecule has 1 aliphatic rings. The zero-order valence-corrected chi connectivity index (χ0v) is 11.3. The van der Waals surface area contributed by atoms with E-state index in [0.29, 0.717) is 12.1 Å². The second-order valence-electron chi connectivity index (χ2n) is 4.63. The lowest BCUT2D eigenvalue weighted by molar-refractivity contribution is -0.139. The van der Waals surface area contributed by atoms with Crippen molar-refractivity contribution in [3.05, 3.63) is 0 Å². The van der Waals surface area contributed by atoms with Gasteiger partial charge in [-0.05, 0) is 27.7 Å². The van der Waals surface area contributed by atoms with Crippen LogP contribution < -0.4 is 5.32 Å². The Morgan fingerprint density at radius 1 is 1.38 bits per heavy atom. The van der Waals surface area contributed by atoms with E-state index in [1.54, 1.807) is 0 Å². The number of nitrogens with one attached hydrogen (secondary N) is 1. The average molecular weight is 251 g/mol. The molecule has 0 aromatic carbocycles. The first-order valence-electron chi connectivity index (χ1n) is 5.64. The molecule has 1 rings (SSSR count). The van der Waals surface area contributed by atoms with Crippen molar-refractivity contribution < 1.29 is 9.53 Å². The van der Waals surface area contributed by atoms with Gasteiger partial charge in [0, 0.05) is 25.2 Å². The van der Waals surface area contributed by atoms with Crippen LogP contribution in [0.2, 0.25) is 0 Å². The van der Waals surface area contributed by atoms with Gasteiger partial charge < -0.3 is 15.0 Å². The quantitative estimate of drug-likeness (QED) is 0.814. The Balaban J connectivity index is 0.00000225. The van der Waals surface area contributed by atoms with Crippen molar-refractivity contribution in [3.8, 4) is 0 Å². The molecule has 0 aromatic rings. The van der Waals surface area contributed by atoms with Gasteiger partial charge in [0.25, 0.3) is 0 Å². The van der Waals surface area contributed by atoms with Crippen molar-refractivity contribution >= 4 is 18.3 Å². The second-order valence-corrected chi connectivity index (χ2v) is 4.63. The van der Waals surface area contributed by atoms with Crippen molar-refractivity contribution in [1.29, 1.82) is 0 Å². The molecule has 0 aromatic heterocycles. The number of nitrogens with zero attached hydrogens (tertiary/aromatic N) is 1. The van der Waals surface area contributed by atoms with Crippen molar-refractivity contribution in [2.75, 3.05) is 19.7 Å². The minimum absolute atomic E-state index is 0. The van der Waals surface area contributed by atoms with Crippen LogP contribution in [0.5, 0.6) is 0 Å². The molecule has 1 aliphatic heterocycles. The number of hydrogen-bond donors (Lipinski definition) is 1. The second kappa shape index (κ2) is 7.09. The summed E-state index contributed by atoms with van der Waals surface area (Å²) in [6.07, 6.45) is 0.117. The molecule has 1 fully saturated rings. The highest BCUT2D eigenvalue weighted by molar-refractivity contribution is 5.85. The molecule has 0 spiro atoms. The monoisotopic (exact) mass is 250 g/mol. The lowest BCUT2D eigenvalue weighted by Crippen LogP contribution is -2.56. The number of halogens is 1. The van der Waals surface area contributed by atoms with Gasteiger partial charge in [0.15, 0.2) is 0 Å². The normalized spacial score (nSPS) is 25.4. The molecule has 5 heteroatoms. The van der Waals surface area contributed by atoms with Crippen molar-refractivity contribution in [2.45, 2.75) is 45.9 Å². The molecule has 96 valence electrons. The minimum atomic E-state index is 0. The standard InChI is InChI=1S/C11H22N2O2.ClH/c1-8(2)15-7-11(14)13-5-9(3)12-10(4)6-13;/h8-10,12H,5-7H2,1-4H3;1H. The predicted octanol–water partition coefficient (Wildman–Crippen LogP) is 1.04. The maximum absolute atomic E-state index is 11.8. The van der Waals surface area contributed by atoms with Crippen LogP contribution in [0.3, 0.4) is 0 Å². The number of hydrogen-bond acceptors (Lipinski definition) is 3. The highest BCUT2D eigenvalue weighted by atomic mass is 35.5. The first kappa shape index (κ1) is 15.7. The van der Waals surface area contributed by atoms with Gasteiger partial charge in [-0.25, -0.2) is 0 Å². The molecule has 0 bridgehead atoms. The Kier molecular flexibility index (Phi) is 6.95. The fourth-order valence-electron chi connectivity index (χ4n) is 1.86. The van der Waals surface area contributed by atoms with E-state index in [4.69, 9.17) is 4.74 Å². The molecular weight excluding hydrogens is 228 g/mol. The largest absolute Gasteiger partial charge is 0.369 e. The Hall–Kier alpha value is -0.320. The third kappa shape index (κ3) is 5.14. The smallest absolute Gasteiger partial charge is 0.248 e. The summed E-state index contributed by atoms with van der Waals surface area (Å²) in [6.45, 7) is 9.84. The van der Waals surface area contributed by atoms with Crippen LogP contribution in [0.15, 0.2) is 0 Å². The molecule has 1 saturated heterocycles. The molecule has 0 radical (unpaired) electrons. The fraction of sp³-hybridized carbons (Fsp3) is 0.909. The first-order valence-corrected chi connectivity index (χ1v) is 5.64. The maximum atomic E-state index is 11.8. The number of piperazine rings is 1. The maximum Gasteiger partial charge on any atom is 0.248 e. The summed E-state index contributed by atoms with van der Waals surface area (Å²) in [5, 5.41) is 3.39. The minimum Gasteiger partial charge on any atom is -0.369 e. The summed E-state index contributed by atoms with van der Waals surface area (Å²) in [4.78, 5) is 13.6. The lowest BCUT2D eigenvalue weighted by Gasteiger charge is -2.36. The molecule has 2 atom stereocenters. The summed E-state index contributed by atoms with van der Waals surface area (Å²) >= 11 is 0. The highest BCUT2D eigenvalue weighted by Gasteiger charge is 2.24. The molecule has 16 heavy (non-hydrogen) atoms. The number of amides is 1. The van der Waals surface area contributed by atoms with E-state index in [-0.39, 0.29) is 31.0 Å². The number of carbonyl (C=O) groups is 1. The van der Waals surface area contributed by atoms with Gasteiger partial charge >= 0.3 is 0 Å². The van der Waals surface area contributed by atoms with Crippen molar-refractivity contribution in [2.24, 2.45) is 0 Å². The lowest BCUT2D eigenvalue weighted by atomic mass is 10.1. The topological polar surface area (TPSA) is 41.6 Å². The van der Waals surface area contributed by atoms with E-state index in [1.807, 2.05) is 18.7 Å². The van der Waals surface area contributed by atoms with Gasteiger partial charge in [-0.1, -0.05) is 0 Å². The van der Waals surface area contributed by atoms with Gasteiger partial charge in [0.1, 0.15) is 6.61 Å². The van der Waals surface area contributed by atoms with Gasteiger partial charge in [0.05, 0.1) is 6.10 Å². The Morgan fingerprint density at radius 3 is 2.31 bits per heavy atom. The third-order valence-electron chi connectivity index (χ3n) is 2.45. The molecule has 0 saturated carbocycles. The molecule has 2 unspecified atom stereocenters. The van der Waals surface area contributed by atoms with Gasteiger partial charge in [0.2, 0.25) is 5.91 Å². The van der Waals surface area contributed by atoms with Crippen LogP contribution in [0, 0.1) is 0 Å². The molecule has 0 aliphatic carbocycles. The summed E-state index contributed by atoms with van der Waals surface area (Å²) in [7, 11) is 0. The van der Waals surface area contributed by atoms with Crippen LogP contribution in [0.1, 0.15) is 27.7 Å². The van der Waals surface area contributed by atoms with E-state index < -0.39 is 0 Å². The zero-order valence-electron chi connectivity index (χ0n) is 10.5. The van der Waals surface area contributed by atoms with Crippen molar-refractivity contribution in [3.63, 3.8) is 0 Å². The van der Waals surface area contributed by atoms with E-state index in [2.05, 4.69) is 19.2 Å². The first-order chi connectivity index (χ1) is 6.99. The summed E-state index contributed by atoms with van der Waals surface area (Å²) in [5.74, 6) is 0.101. The predicted molar refractivity (Wildman–Crippen MR) is 67.0 cm³/mol. The van der Waals surface area contributed by atoms with Crippen LogP contribution >= 0.6 is 12.4 Å². The van der Waals surface area contributed by atoms with Gasteiger partial charge in [-0.2, -0.15) is 0 Å². The van der Waals surface area contributed by atoms with Crippen molar-refractivity contribution in [1.82, 2.24) is 10.2 Å². The molecule has 1 N–H and O–H groups in total. The summed E-state index contributed by atoms with van der Waals surface area (Å²) in [6, 6.07) is 0.744. The summed E-state index contributed by atoms with van der Waals surface area (Å²) in [5.41, 5.74) is 0. The fourth-order valence-corrected chi connectivity index (χ4v) is 1.86. The van der Waals surface area contributed by atoms with Crippen LogP contribution in [-0.4, -0.2) is 48.7 Å². The van der Waals surface area contributed by atoms with E-state index in [9.17, 15) is 4.79 Å². The van der Waals surface area contributed by atoms with Crippen LogP contribution in [0.4, 0.5) is 0 Å². The molecule has 4 nitrogen and oxygen atoms in total. The van der Waals surface area contributed by atoms with Crippen LogP contribution in [-0.2, 0) is 9.53 Å². The highest BCUT2D eigenvalue weighted by Crippen LogP contribution is 2.04. The van der Waals surface area contributed by atoms with Gasteiger partial charge in [-0.3, -0.25) is 4.79 Å². The Morgan fingerprint density at radius 2 is 1.88 bits per heavy atom. The van der Waals surface area contributed by atoms with E-state index >= 15 is 0 Å². The average Bonchev–Trinajstić information content (AvgIpc) is 2.12. The van der Waals surface area contributed by atoms with E-state index in [1.165, 1.54) is 0 Å². The number of ether oxygens (including phenoxy) is 1. The Labute approximate surface area is 104 Å². The summed E-state index contributed by atoms with van der Waals surface area (Å²) < 4.78 is 5.32. The molecule has 1 heterocycles. The SMILES string of the molecule is CC1CN(C(=O)COC(C)C)CC(C)N1.Cl. The number of rotatable bonds is 3.